The molecule has 0 aromatic heterocycles. The van der Waals surface area contributed by atoms with Crippen LogP contribution in [0.25, 0.3) is 0 Å². The number of aliphatic hydroxyl groups is 1. The molecule has 0 heterocycles. The van der Waals surface area contributed by atoms with Crippen molar-refractivity contribution in [3.8, 4) is 6.07 Å². The van der Waals surface area contributed by atoms with Crippen molar-refractivity contribution in [2.75, 3.05) is 0 Å². The Hall–Kier alpha value is -0.560. The van der Waals surface area contributed by atoms with Gasteiger partial charge in [0, 0.05) is 9.50 Å². The van der Waals surface area contributed by atoms with Gasteiger partial charge < -0.3 is 5.11 Å². The Morgan fingerprint density at radius 3 is 2.40 bits per heavy atom. The van der Waals surface area contributed by atoms with Crippen LogP contribution in [0.5, 0.6) is 0 Å². The number of nitriles is 1. The van der Waals surface area contributed by atoms with Gasteiger partial charge >= 0.3 is 0 Å². The first kappa shape index (κ1) is 15.8. The summed E-state index contributed by atoms with van der Waals surface area (Å²) in [5.41, 5.74) is 0.319. The minimum Gasteiger partial charge on any atom is -0.387 e. The fraction of sp³-hybridized carbons (Fsp3) is 0.562. The Labute approximate surface area is 133 Å². The van der Waals surface area contributed by atoms with Crippen molar-refractivity contribution < 1.29 is 5.11 Å². The number of nitrogens with zero attached hydrogens (tertiary/aromatic N) is 1. The van der Waals surface area contributed by atoms with Crippen molar-refractivity contribution in [1.29, 1.82) is 5.26 Å². The molecule has 1 aromatic carbocycles. The smallest absolute Gasteiger partial charge is 0.0987 e. The highest BCUT2D eigenvalue weighted by atomic mass is 79.9. The molecule has 0 aliphatic heterocycles. The maximum Gasteiger partial charge on any atom is 0.0987 e. The average Bonchev–Trinajstić information content (AvgIpc) is 2.39. The van der Waals surface area contributed by atoms with Crippen LogP contribution in [-0.2, 0) is 0 Å². The first-order chi connectivity index (χ1) is 9.30. The van der Waals surface area contributed by atoms with Gasteiger partial charge in [-0.25, -0.2) is 0 Å². The lowest BCUT2D eigenvalue weighted by molar-refractivity contribution is 0.00914. The highest BCUT2D eigenvalue weighted by Gasteiger charge is 2.44. The van der Waals surface area contributed by atoms with Crippen molar-refractivity contribution in [2.24, 2.45) is 10.8 Å². The quantitative estimate of drug-likeness (QED) is 0.787. The Kier molecular flexibility index (Phi) is 4.49. The normalized spacial score (nSPS) is 22.0. The molecule has 1 unspecified atom stereocenters. The van der Waals surface area contributed by atoms with Gasteiger partial charge in [-0.3, -0.25) is 0 Å². The van der Waals surface area contributed by atoms with Crippen LogP contribution in [0.1, 0.15) is 51.2 Å². The highest BCUT2D eigenvalue weighted by molar-refractivity contribution is 9.10. The third-order valence-electron chi connectivity index (χ3n) is 4.50. The van der Waals surface area contributed by atoms with Crippen molar-refractivity contribution >= 4 is 27.5 Å². The van der Waals surface area contributed by atoms with Gasteiger partial charge in [0.2, 0.25) is 0 Å². The maximum atomic E-state index is 10.7. The summed E-state index contributed by atoms with van der Waals surface area (Å²) in [5.74, 6) is 0. The predicted molar refractivity (Wildman–Crippen MR) is 84.4 cm³/mol. The molecule has 1 aliphatic carbocycles. The largest absolute Gasteiger partial charge is 0.387 e. The molecule has 20 heavy (non-hydrogen) atoms. The van der Waals surface area contributed by atoms with Crippen molar-refractivity contribution in [3.63, 3.8) is 0 Å². The van der Waals surface area contributed by atoms with Gasteiger partial charge in [0.05, 0.1) is 17.6 Å². The molecule has 1 saturated carbocycles. The summed E-state index contributed by atoms with van der Waals surface area (Å²) in [6.07, 6.45) is 2.60. The van der Waals surface area contributed by atoms with Gasteiger partial charge in [-0.15, -0.1) is 0 Å². The van der Waals surface area contributed by atoms with Gasteiger partial charge in [-0.05, 0) is 48.8 Å². The lowest BCUT2D eigenvalue weighted by Crippen LogP contribution is -2.35. The zero-order valence-corrected chi connectivity index (χ0v) is 14.1. The molecular weight excluding hydrogens is 338 g/mol. The van der Waals surface area contributed by atoms with E-state index in [2.05, 4.69) is 35.8 Å². The van der Waals surface area contributed by atoms with E-state index in [1.807, 2.05) is 0 Å². The van der Waals surface area contributed by atoms with Crippen LogP contribution in [0, 0.1) is 22.2 Å². The SMILES string of the molecule is CC1(C)CCC(C#N)(C(O)c2ccc(Cl)cc2Br)CC1. The van der Waals surface area contributed by atoms with E-state index in [4.69, 9.17) is 11.6 Å². The van der Waals surface area contributed by atoms with Gasteiger partial charge in [0.25, 0.3) is 0 Å². The molecule has 1 aliphatic rings. The van der Waals surface area contributed by atoms with Gasteiger partial charge in [-0.1, -0.05) is 47.4 Å². The molecule has 0 radical (unpaired) electrons. The standard InChI is InChI=1S/C16H19BrClNO/c1-15(2)5-7-16(10-19,8-6-15)14(20)12-4-3-11(18)9-13(12)17/h3-4,9,14,20H,5-8H2,1-2H3. The molecule has 1 N–H and O–H groups in total. The van der Waals surface area contributed by atoms with E-state index in [1.54, 1.807) is 18.2 Å². The molecule has 2 nitrogen and oxygen atoms in total. The fourth-order valence-corrected chi connectivity index (χ4v) is 3.74. The molecule has 108 valence electrons. The minimum absolute atomic E-state index is 0.261. The second-order valence-electron chi connectivity index (χ2n) is 6.50. The highest BCUT2D eigenvalue weighted by Crippen LogP contribution is 2.51. The zero-order valence-electron chi connectivity index (χ0n) is 11.8. The van der Waals surface area contributed by atoms with Crippen LogP contribution in [-0.4, -0.2) is 5.11 Å². The predicted octanol–water partition coefficient (Wildman–Crippen LogP) is 5.25. The number of benzene rings is 1. The molecule has 2 rings (SSSR count). The molecule has 0 bridgehead atoms. The van der Waals surface area contributed by atoms with E-state index in [-0.39, 0.29) is 5.41 Å². The summed E-state index contributed by atoms with van der Waals surface area (Å²) in [7, 11) is 0. The fourth-order valence-electron chi connectivity index (χ4n) is 2.84. The van der Waals surface area contributed by atoms with E-state index < -0.39 is 11.5 Å². The number of aliphatic hydroxyl groups excluding tert-OH is 1. The summed E-state index contributed by atoms with van der Waals surface area (Å²) >= 11 is 9.37. The lowest BCUT2D eigenvalue weighted by Gasteiger charge is -2.42. The maximum absolute atomic E-state index is 10.7. The van der Waals surface area contributed by atoms with E-state index in [1.165, 1.54) is 0 Å². The molecule has 0 amide bonds. The Bertz CT molecular complexity index is 540. The average molecular weight is 357 g/mol. The number of halogens is 2. The Morgan fingerprint density at radius 2 is 1.90 bits per heavy atom. The third kappa shape index (κ3) is 3.03. The molecule has 4 heteroatoms. The number of hydrogen-bond acceptors (Lipinski definition) is 2. The van der Waals surface area contributed by atoms with Crippen molar-refractivity contribution in [2.45, 2.75) is 45.6 Å². The lowest BCUT2D eigenvalue weighted by atomic mass is 9.62. The third-order valence-corrected chi connectivity index (χ3v) is 5.42. The van der Waals surface area contributed by atoms with E-state index >= 15 is 0 Å². The molecular formula is C16H19BrClNO. The Balaban J connectivity index is 2.31. The molecule has 1 atom stereocenters. The summed E-state index contributed by atoms with van der Waals surface area (Å²) in [5, 5.41) is 21.0. The van der Waals surface area contributed by atoms with Gasteiger partial charge in [-0.2, -0.15) is 5.26 Å². The van der Waals surface area contributed by atoms with Crippen LogP contribution in [0.15, 0.2) is 22.7 Å². The van der Waals surface area contributed by atoms with Crippen LogP contribution in [0.4, 0.5) is 0 Å². The topological polar surface area (TPSA) is 44.0 Å². The second-order valence-corrected chi connectivity index (χ2v) is 7.79. The van der Waals surface area contributed by atoms with Crippen LogP contribution in [0.2, 0.25) is 5.02 Å². The van der Waals surface area contributed by atoms with E-state index in [0.717, 1.165) is 35.7 Å². The van der Waals surface area contributed by atoms with E-state index in [9.17, 15) is 10.4 Å². The Morgan fingerprint density at radius 1 is 1.30 bits per heavy atom. The van der Waals surface area contributed by atoms with Crippen molar-refractivity contribution in [1.82, 2.24) is 0 Å². The first-order valence-electron chi connectivity index (χ1n) is 6.84. The van der Waals surface area contributed by atoms with E-state index in [0.29, 0.717) is 5.02 Å². The van der Waals surface area contributed by atoms with Crippen LogP contribution < -0.4 is 0 Å². The number of rotatable bonds is 2. The summed E-state index contributed by atoms with van der Waals surface area (Å²) in [6, 6.07) is 7.71. The molecule has 1 aromatic rings. The zero-order chi connectivity index (χ0) is 15.0. The first-order valence-corrected chi connectivity index (χ1v) is 8.01. The van der Waals surface area contributed by atoms with Crippen molar-refractivity contribution in [3.05, 3.63) is 33.3 Å². The monoisotopic (exact) mass is 355 g/mol. The van der Waals surface area contributed by atoms with Gasteiger partial charge in [0.1, 0.15) is 0 Å². The summed E-state index contributed by atoms with van der Waals surface area (Å²) in [6.45, 7) is 4.44. The molecule has 1 fully saturated rings. The number of hydrogen-bond donors (Lipinski definition) is 1. The van der Waals surface area contributed by atoms with Crippen LogP contribution in [0.3, 0.4) is 0 Å². The summed E-state index contributed by atoms with van der Waals surface area (Å²) < 4.78 is 0.761. The minimum atomic E-state index is -0.782. The van der Waals surface area contributed by atoms with Crippen LogP contribution >= 0.6 is 27.5 Å². The summed E-state index contributed by atoms with van der Waals surface area (Å²) in [4.78, 5) is 0. The molecule has 0 spiro atoms. The second kappa shape index (κ2) is 5.67. The molecule has 0 saturated heterocycles. The van der Waals surface area contributed by atoms with Gasteiger partial charge in [0.15, 0.2) is 0 Å².